The Morgan fingerprint density at radius 2 is 1.75 bits per heavy atom. The maximum atomic E-state index is 13.8. The SMILES string of the molecule is CCCN(CCC)S(=O)(=O)c1cc(C)c(F)c(CN)c1. The number of nitrogens with two attached hydrogens (primary N) is 1. The molecule has 4 nitrogen and oxygen atoms in total. The van der Waals surface area contributed by atoms with E-state index in [1.165, 1.54) is 16.4 Å². The van der Waals surface area contributed by atoms with Gasteiger partial charge in [-0.25, -0.2) is 12.8 Å². The summed E-state index contributed by atoms with van der Waals surface area (Å²) in [5, 5.41) is 0. The summed E-state index contributed by atoms with van der Waals surface area (Å²) in [5.74, 6) is -0.427. The molecule has 0 saturated carbocycles. The largest absolute Gasteiger partial charge is 0.326 e. The Morgan fingerprint density at radius 3 is 2.20 bits per heavy atom. The highest BCUT2D eigenvalue weighted by atomic mass is 32.2. The first-order chi connectivity index (χ1) is 9.38. The van der Waals surface area contributed by atoms with E-state index in [1.54, 1.807) is 6.92 Å². The van der Waals surface area contributed by atoms with Gasteiger partial charge < -0.3 is 5.73 Å². The molecule has 0 atom stereocenters. The number of nitrogens with zero attached hydrogens (tertiary/aromatic N) is 1. The van der Waals surface area contributed by atoms with Crippen LogP contribution in [0.5, 0.6) is 0 Å². The van der Waals surface area contributed by atoms with Gasteiger partial charge in [-0.2, -0.15) is 4.31 Å². The van der Waals surface area contributed by atoms with Crippen molar-refractivity contribution in [1.82, 2.24) is 4.31 Å². The molecule has 0 spiro atoms. The summed E-state index contributed by atoms with van der Waals surface area (Å²) >= 11 is 0. The monoisotopic (exact) mass is 302 g/mol. The van der Waals surface area contributed by atoms with Crippen molar-refractivity contribution in [3.8, 4) is 0 Å². The number of sulfonamides is 1. The van der Waals surface area contributed by atoms with Gasteiger partial charge in [0.25, 0.3) is 0 Å². The fourth-order valence-corrected chi connectivity index (χ4v) is 3.87. The van der Waals surface area contributed by atoms with Crippen LogP contribution in [0.1, 0.15) is 37.8 Å². The molecule has 1 aromatic carbocycles. The van der Waals surface area contributed by atoms with E-state index in [2.05, 4.69) is 0 Å². The molecule has 0 bridgehead atoms. The third-order valence-electron chi connectivity index (χ3n) is 3.11. The lowest BCUT2D eigenvalue weighted by Gasteiger charge is -2.21. The summed E-state index contributed by atoms with van der Waals surface area (Å²) in [4.78, 5) is 0.124. The lowest BCUT2D eigenvalue weighted by molar-refractivity contribution is 0.409. The Morgan fingerprint density at radius 1 is 1.20 bits per heavy atom. The first-order valence-corrected chi connectivity index (χ1v) is 8.31. The van der Waals surface area contributed by atoms with Gasteiger partial charge in [0.2, 0.25) is 10.0 Å². The van der Waals surface area contributed by atoms with E-state index >= 15 is 0 Å². The summed E-state index contributed by atoms with van der Waals surface area (Å²) in [6, 6.07) is 2.72. The van der Waals surface area contributed by atoms with Crippen molar-refractivity contribution >= 4 is 10.0 Å². The van der Waals surface area contributed by atoms with Crippen LogP contribution in [0.3, 0.4) is 0 Å². The highest BCUT2D eigenvalue weighted by Crippen LogP contribution is 2.22. The molecule has 2 N–H and O–H groups in total. The molecule has 0 radical (unpaired) electrons. The van der Waals surface area contributed by atoms with Crippen molar-refractivity contribution in [2.45, 2.75) is 45.1 Å². The van der Waals surface area contributed by atoms with Crippen LogP contribution in [0, 0.1) is 12.7 Å². The average Bonchev–Trinajstić information content (AvgIpc) is 2.41. The molecule has 0 aliphatic carbocycles. The van der Waals surface area contributed by atoms with E-state index < -0.39 is 15.8 Å². The molecular formula is C14H23FN2O2S. The lowest BCUT2D eigenvalue weighted by atomic mass is 10.1. The summed E-state index contributed by atoms with van der Waals surface area (Å²) in [5.41, 5.74) is 6.01. The molecule has 20 heavy (non-hydrogen) atoms. The fraction of sp³-hybridized carbons (Fsp3) is 0.571. The van der Waals surface area contributed by atoms with E-state index in [0.717, 1.165) is 12.8 Å². The normalized spacial score (nSPS) is 12.1. The molecule has 0 amide bonds. The van der Waals surface area contributed by atoms with Crippen LogP contribution in [0.2, 0.25) is 0 Å². The molecule has 0 aliphatic heterocycles. The zero-order valence-corrected chi connectivity index (χ0v) is 13.1. The fourth-order valence-electron chi connectivity index (χ4n) is 2.10. The van der Waals surface area contributed by atoms with Gasteiger partial charge in [-0.05, 0) is 37.5 Å². The zero-order chi connectivity index (χ0) is 15.3. The molecule has 0 aromatic heterocycles. The molecule has 0 saturated heterocycles. The van der Waals surface area contributed by atoms with Gasteiger partial charge >= 0.3 is 0 Å². The smallest absolute Gasteiger partial charge is 0.243 e. The van der Waals surface area contributed by atoms with E-state index in [9.17, 15) is 12.8 Å². The van der Waals surface area contributed by atoms with Crippen LogP contribution >= 0.6 is 0 Å². The number of rotatable bonds is 7. The Kier molecular flexibility index (Phi) is 6.10. The van der Waals surface area contributed by atoms with Gasteiger partial charge in [-0.3, -0.25) is 0 Å². The number of hydrogen-bond acceptors (Lipinski definition) is 3. The Labute approximate surface area is 120 Å². The molecule has 0 fully saturated rings. The maximum absolute atomic E-state index is 13.8. The molecule has 1 aromatic rings. The minimum Gasteiger partial charge on any atom is -0.326 e. The van der Waals surface area contributed by atoms with Gasteiger partial charge in [0.05, 0.1) is 4.90 Å². The maximum Gasteiger partial charge on any atom is 0.243 e. The minimum atomic E-state index is -3.59. The zero-order valence-electron chi connectivity index (χ0n) is 12.3. The van der Waals surface area contributed by atoms with Crippen LogP contribution in [0.15, 0.2) is 17.0 Å². The van der Waals surface area contributed by atoms with Gasteiger partial charge in [-0.1, -0.05) is 13.8 Å². The number of hydrogen-bond donors (Lipinski definition) is 1. The first kappa shape index (κ1) is 17.1. The summed E-state index contributed by atoms with van der Waals surface area (Å²) in [6.45, 7) is 6.32. The van der Waals surface area contributed by atoms with Gasteiger partial charge in [0, 0.05) is 25.2 Å². The van der Waals surface area contributed by atoms with Crippen molar-refractivity contribution < 1.29 is 12.8 Å². The molecule has 6 heteroatoms. The molecule has 1 rings (SSSR count). The third kappa shape index (κ3) is 3.56. The second-order valence-corrected chi connectivity index (χ2v) is 6.76. The minimum absolute atomic E-state index is 0.0163. The van der Waals surface area contributed by atoms with Crippen LogP contribution in [-0.4, -0.2) is 25.8 Å². The third-order valence-corrected chi connectivity index (χ3v) is 4.98. The van der Waals surface area contributed by atoms with E-state index in [-0.39, 0.29) is 17.0 Å². The second-order valence-electron chi connectivity index (χ2n) is 4.82. The Bertz CT molecular complexity index is 553. The predicted molar refractivity (Wildman–Crippen MR) is 78.4 cm³/mol. The summed E-state index contributed by atoms with van der Waals surface area (Å²) in [7, 11) is -3.59. The predicted octanol–water partition coefficient (Wildman–Crippen LogP) is 2.40. The van der Waals surface area contributed by atoms with E-state index in [0.29, 0.717) is 18.7 Å². The standard InChI is InChI=1S/C14H23FN2O2S/c1-4-6-17(7-5-2)20(18,19)13-8-11(3)14(15)12(9-13)10-16/h8-9H,4-7,10,16H2,1-3H3. The van der Waals surface area contributed by atoms with Crippen LogP contribution in [0.4, 0.5) is 4.39 Å². The van der Waals surface area contributed by atoms with Gasteiger partial charge in [0.15, 0.2) is 0 Å². The van der Waals surface area contributed by atoms with Crippen molar-refractivity contribution in [3.63, 3.8) is 0 Å². The summed E-state index contributed by atoms with van der Waals surface area (Å²) < 4.78 is 40.4. The Balaban J connectivity index is 3.30. The van der Waals surface area contributed by atoms with Crippen molar-refractivity contribution in [1.29, 1.82) is 0 Å². The van der Waals surface area contributed by atoms with E-state index in [4.69, 9.17) is 5.73 Å². The second kappa shape index (κ2) is 7.15. The van der Waals surface area contributed by atoms with Crippen molar-refractivity contribution in [3.05, 3.63) is 29.1 Å². The highest BCUT2D eigenvalue weighted by molar-refractivity contribution is 7.89. The van der Waals surface area contributed by atoms with Gasteiger partial charge in [0.1, 0.15) is 5.82 Å². The number of halogens is 1. The van der Waals surface area contributed by atoms with Crippen LogP contribution in [0.25, 0.3) is 0 Å². The van der Waals surface area contributed by atoms with Gasteiger partial charge in [-0.15, -0.1) is 0 Å². The molecule has 0 heterocycles. The van der Waals surface area contributed by atoms with Crippen LogP contribution < -0.4 is 5.73 Å². The molecule has 0 aliphatic rings. The Hall–Kier alpha value is -0.980. The molecular weight excluding hydrogens is 279 g/mol. The van der Waals surface area contributed by atoms with Crippen molar-refractivity contribution in [2.75, 3.05) is 13.1 Å². The average molecular weight is 302 g/mol. The quantitative estimate of drug-likeness (QED) is 0.841. The number of aryl methyl sites for hydroxylation is 1. The van der Waals surface area contributed by atoms with Crippen LogP contribution in [-0.2, 0) is 16.6 Å². The highest BCUT2D eigenvalue weighted by Gasteiger charge is 2.24. The first-order valence-electron chi connectivity index (χ1n) is 6.87. The number of benzene rings is 1. The lowest BCUT2D eigenvalue weighted by Crippen LogP contribution is -2.32. The van der Waals surface area contributed by atoms with Crippen molar-refractivity contribution in [2.24, 2.45) is 5.73 Å². The molecule has 114 valence electrons. The molecule has 0 unspecified atom stereocenters. The van der Waals surface area contributed by atoms with E-state index in [1.807, 2.05) is 13.8 Å². The topological polar surface area (TPSA) is 63.4 Å². The summed E-state index contributed by atoms with van der Waals surface area (Å²) in [6.07, 6.45) is 1.48.